The van der Waals surface area contributed by atoms with E-state index in [-0.39, 0.29) is 18.0 Å². The Morgan fingerprint density at radius 3 is 2.52 bits per heavy atom. The van der Waals surface area contributed by atoms with Gasteiger partial charge < -0.3 is 4.74 Å². The average Bonchev–Trinajstić information content (AvgIpc) is 3.03. The smallest absolute Gasteiger partial charge is 0.187 e. The van der Waals surface area contributed by atoms with Crippen molar-refractivity contribution in [2.24, 2.45) is 11.3 Å². The molecule has 0 bridgehead atoms. The Kier molecular flexibility index (Phi) is 4.35. The minimum atomic E-state index is -0.230. The van der Waals surface area contributed by atoms with E-state index in [0.717, 1.165) is 24.8 Å². The summed E-state index contributed by atoms with van der Waals surface area (Å²) >= 11 is 0. The van der Waals surface area contributed by atoms with Crippen molar-refractivity contribution in [3.8, 4) is 0 Å². The molecule has 134 valence electrons. The van der Waals surface area contributed by atoms with Crippen molar-refractivity contribution in [1.29, 1.82) is 0 Å². The summed E-state index contributed by atoms with van der Waals surface area (Å²) in [7, 11) is 0. The molecule has 1 aromatic rings. The molecule has 2 fully saturated rings. The fourth-order valence-corrected chi connectivity index (χ4v) is 5.38. The molecular formula is C23H30O2. The van der Waals surface area contributed by atoms with Crippen LogP contribution in [0, 0.1) is 11.3 Å². The highest BCUT2D eigenvalue weighted by atomic mass is 16.5. The van der Waals surface area contributed by atoms with Crippen molar-refractivity contribution >= 4 is 5.78 Å². The Morgan fingerprint density at radius 2 is 1.76 bits per heavy atom. The van der Waals surface area contributed by atoms with E-state index in [1.54, 1.807) is 0 Å². The van der Waals surface area contributed by atoms with Gasteiger partial charge in [-0.3, -0.25) is 4.79 Å². The van der Waals surface area contributed by atoms with Gasteiger partial charge in [0.2, 0.25) is 0 Å². The van der Waals surface area contributed by atoms with Crippen LogP contribution in [0.4, 0.5) is 0 Å². The van der Waals surface area contributed by atoms with E-state index in [1.807, 2.05) is 6.92 Å². The zero-order chi connectivity index (χ0) is 17.6. The van der Waals surface area contributed by atoms with E-state index >= 15 is 0 Å². The lowest BCUT2D eigenvalue weighted by Gasteiger charge is -2.35. The quantitative estimate of drug-likeness (QED) is 0.734. The predicted molar refractivity (Wildman–Crippen MR) is 101 cm³/mol. The lowest BCUT2D eigenvalue weighted by molar-refractivity contribution is -0.134. The molecule has 2 saturated carbocycles. The van der Waals surface area contributed by atoms with Crippen molar-refractivity contribution < 1.29 is 9.53 Å². The highest BCUT2D eigenvalue weighted by Crippen LogP contribution is 2.52. The first kappa shape index (κ1) is 17.0. The van der Waals surface area contributed by atoms with Crippen LogP contribution < -0.4 is 0 Å². The van der Waals surface area contributed by atoms with Gasteiger partial charge in [-0.05, 0) is 49.2 Å². The molecule has 0 spiro atoms. The number of carbonyl (C=O) groups is 1. The van der Waals surface area contributed by atoms with Crippen LogP contribution in [0.25, 0.3) is 0 Å². The first-order valence-corrected chi connectivity index (χ1v) is 9.90. The van der Waals surface area contributed by atoms with Gasteiger partial charge in [-0.25, -0.2) is 0 Å². The molecule has 25 heavy (non-hydrogen) atoms. The second-order valence-electron chi connectivity index (χ2n) is 9.06. The van der Waals surface area contributed by atoms with E-state index in [0.29, 0.717) is 17.3 Å². The predicted octanol–water partition coefficient (Wildman–Crippen LogP) is 5.43. The number of ether oxygens (including phenoxy) is 1. The molecule has 0 heterocycles. The number of benzene rings is 1. The molecule has 0 N–H and O–H groups in total. The number of ketones is 1. The zero-order valence-electron chi connectivity index (χ0n) is 15.8. The molecule has 4 rings (SSSR count). The molecule has 0 amide bonds. The van der Waals surface area contributed by atoms with Crippen LogP contribution in [0.5, 0.6) is 0 Å². The normalized spacial score (nSPS) is 34.4. The molecule has 3 aliphatic rings. The topological polar surface area (TPSA) is 26.3 Å². The zero-order valence-corrected chi connectivity index (χ0v) is 15.8. The van der Waals surface area contributed by atoms with E-state index < -0.39 is 0 Å². The average molecular weight is 338 g/mol. The Morgan fingerprint density at radius 1 is 1.04 bits per heavy atom. The summed E-state index contributed by atoms with van der Waals surface area (Å²) in [6, 6.07) is 10.7. The van der Waals surface area contributed by atoms with Crippen molar-refractivity contribution in [2.75, 3.05) is 0 Å². The molecule has 4 atom stereocenters. The van der Waals surface area contributed by atoms with Crippen LogP contribution in [0.1, 0.15) is 70.8 Å². The van der Waals surface area contributed by atoms with Gasteiger partial charge in [-0.2, -0.15) is 0 Å². The number of carbonyl (C=O) groups excluding carboxylic acids is 1. The van der Waals surface area contributed by atoms with Gasteiger partial charge in [0.05, 0.1) is 6.10 Å². The van der Waals surface area contributed by atoms with Gasteiger partial charge in [-0.15, -0.1) is 0 Å². The van der Waals surface area contributed by atoms with Crippen molar-refractivity contribution in [3.63, 3.8) is 0 Å². The summed E-state index contributed by atoms with van der Waals surface area (Å²) in [5.74, 6) is 1.01. The monoisotopic (exact) mass is 338 g/mol. The Balaban J connectivity index is 1.56. The van der Waals surface area contributed by atoms with Crippen LogP contribution in [0.3, 0.4) is 0 Å². The molecule has 3 aliphatic carbocycles. The first-order valence-electron chi connectivity index (χ1n) is 9.90. The maximum atomic E-state index is 12.9. The molecule has 1 aromatic carbocycles. The van der Waals surface area contributed by atoms with Crippen molar-refractivity contribution in [3.05, 3.63) is 47.0 Å². The highest BCUT2D eigenvalue weighted by molar-refractivity contribution is 6.02. The number of Topliss-reactive ketones (excluding diaryl/α,β-unsaturated/α-hetero) is 1. The summed E-state index contributed by atoms with van der Waals surface area (Å²) in [6.45, 7) is 6.66. The fourth-order valence-electron chi connectivity index (χ4n) is 5.38. The Hall–Kier alpha value is -1.41. The first-order chi connectivity index (χ1) is 12.0. The van der Waals surface area contributed by atoms with E-state index in [4.69, 9.17) is 4.74 Å². The summed E-state index contributed by atoms with van der Waals surface area (Å²) < 4.78 is 6.62. The van der Waals surface area contributed by atoms with E-state index in [1.165, 1.54) is 30.4 Å². The van der Waals surface area contributed by atoms with E-state index in [2.05, 4.69) is 44.2 Å². The van der Waals surface area contributed by atoms with Crippen molar-refractivity contribution in [1.82, 2.24) is 0 Å². The summed E-state index contributed by atoms with van der Waals surface area (Å²) in [4.78, 5) is 12.9. The number of hydrogen-bond acceptors (Lipinski definition) is 2. The standard InChI is InChI=1S/C23H30O2/c1-15-18-13-23(2,3)14-19(18)22(21(15)24)25-20-12-8-7-11-17(20)16-9-5-4-6-10-16/h4-6,9-10,17,19-20,22H,7-8,11-14H2,1-3H3/t17-,19-,20+,22+/m0/s1. The summed E-state index contributed by atoms with van der Waals surface area (Å²) in [5, 5.41) is 0. The molecule has 2 nitrogen and oxygen atoms in total. The SMILES string of the molecule is CC1=C2CC(C)(C)C[C@@H]2[C@@H](O[C@@H]2CCCC[C@H]2c2ccccc2)C1=O. The molecule has 0 aliphatic heterocycles. The largest absolute Gasteiger partial charge is 0.366 e. The minimum absolute atomic E-state index is 0.181. The summed E-state index contributed by atoms with van der Waals surface area (Å²) in [5.41, 5.74) is 4.05. The van der Waals surface area contributed by atoms with Crippen molar-refractivity contribution in [2.45, 2.75) is 77.4 Å². The van der Waals surface area contributed by atoms with Crippen LogP contribution in [0.15, 0.2) is 41.5 Å². The molecule has 0 radical (unpaired) electrons. The Labute approximate surface area is 151 Å². The maximum Gasteiger partial charge on any atom is 0.187 e. The molecule has 0 saturated heterocycles. The molecule has 0 unspecified atom stereocenters. The molecule has 0 aromatic heterocycles. The molecular weight excluding hydrogens is 308 g/mol. The van der Waals surface area contributed by atoms with Crippen LogP contribution in [-0.4, -0.2) is 18.0 Å². The summed E-state index contributed by atoms with van der Waals surface area (Å²) in [6.07, 6.45) is 6.81. The number of rotatable bonds is 3. The third kappa shape index (κ3) is 3.10. The van der Waals surface area contributed by atoms with Gasteiger partial charge in [0.15, 0.2) is 5.78 Å². The van der Waals surface area contributed by atoms with Crippen LogP contribution >= 0.6 is 0 Å². The van der Waals surface area contributed by atoms with Gasteiger partial charge in [-0.1, -0.05) is 62.6 Å². The third-order valence-electron chi connectivity index (χ3n) is 6.62. The second-order valence-corrected chi connectivity index (χ2v) is 9.06. The van der Waals surface area contributed by atoms with Gasteiger partial charge in [0.25, 0.3) is 0 Å². The Bertz CT molecular complexity index is 685. The van der Waals surface area contributed by atoms with Crippen LogP contribution in [-0.2, 0) is 9.53 Å². The van der Waals surface area contributed by atoms with Gasteiger partial charge in [0, 0.05) is 11.8 Å². The lowest BCUT2D eigenvalue weighted by atomic mass is 9.81. The minimum Gasteiger partial charge on any atom is -0.366 e. The maximum absolute atomic E-state index is 12.9. The second kappa shape index (κ2) is 6.39. The lowest BCUT2D eigenvalue weighted by Crippen LogP contribution is -2.36. The van der Waals surface area contributed by atoms with Gasteiger partial charge >= 0.3 is 0 Å². The fraction of sp³-hybridized carbons (Fsp3) is 0.609. The highest BCUT2D eigenvalue weighted by Gasteiger charge is 2.49. The molecule has 2 heteroatoms. The third-order valence-corrected chi connectivity index (χ3v) is 6.62. The van der Waals surface area contributed by atoms with E-state index in [9.17, 15) is 4.79 Å². The number of fused-ring (bicyclic) bond motifs is 1. The number of hydrogen-bond donors (Lipinski definition) is 0. The van der Waals surface area contributed by atoms with Gasteiger partial charge in [0.1, 0.15) is 6.10 Å². The van der Waals surface area contributed by atoms with Crippen LogP contribution in [0.2, 0.25) is 0 Å².